The molecule has 0 radical (unpaired) electrons. The molecule has 11 heavy (non-hydrogen) atoms. The summed E-state index contributed by atoms with van der Waals surface area (Å²) in [4.78, 5) is 10.7. The fourth-order valence-electron chi connectivity index (χ4n) is 0.649. The molecule has 0 bridgehead atoms. The minimum Gasteiger partial charge on any atom is -0.276 e. The summed E-state index contributed by atoms with van der Waals surface area (Å²) in [6.07, 6.45) is 0. The fraction of sp³-hybridized carbons (Fsp3) is 0. The van der Waals surface area contributed by atoms with Gasteiger partial charge in [0.05, 0.1) is 0 Å². The topological polar surface area (TPSA) is 17.1 Å². The predicted octanol–water partition coefficient (Wildman–Crippen LogP) is 3.43. The minimum absolute atomic E-state index is 0.437. The molecule has 0 unspecified atom stereocenters. The van der Waals surface area contributed by atoms with Gasteiger partial charge in [0, 0.05) is 13.6 Å². The first-order chi connectivity index (χ1) is 5.11. The van der Waals surface area contributed by atoms with Gasteiger partial charge in [-0.3, -0.25) is 4.79 Å². The van der Waals surface area contributed by atoms with Crippen molar-refractivity contribution < 1.29 is 4.79 Å². The van der Waals surface area contributed by atoms with Crippen molar-refractivity contribution in [1.29, 1.82) is 0 Å². The molecule has 0 saturated carbocycles. The predicted molar refractivity (Wildman–Crippen MR) is 57.0 cm³/mol. The van der Waals surface area contributed by atoms with E-state index in [1.807, 2.05) is 12.1 Å². The van der Waals surface area contributed by atoms with Crippen LogP contribution in [0.2, 0.25) is 0 Å². The Morgan fingerprint density at radius 2 is 2.18 bits per heavy atom. The van der Waals surface area contributed by atoms with E-state index >= 15 is 0 Å². The third-order valence-corrected chi connectivity index (χ3v) is 2.67. The van der Waals surface area contributed by atoms with E-state index in [1.165, 1.54) is 0 Å². The van der Waals surface area contributed by atoms with E-state index in [9.17, 15) is 4.79 Å². The van der Waals surface area contributed by atoms with Crippen LogP contribution < -0.4 is 0 Å². The summed E-state index contributed by atoms with van der Waals surface area (Å²) in [7, 11) is 0. The first kappa shape index (κ1) is 9.48. The zero-order valence-electron chi connectivity index (χ0n) is 5.27. The average molecular weight is 345 g/mol. The third kappa shape index (κ3) is 2.42. The molecule has 0 aliphatic rings. The zero-order chi connectivity index (χ0) is 8.43. The summed E-state index contributed by atoms with van der Waals surface area (Å²) in [5.41, 5.74) is 0.507. The molecule has 0 aromatic heterocycles. The molecule has 1 aromatic carbocycles. The van der Waals surface area contributed by atoms with Gasteiger partial charge in [0.25, 0.3) is 5.24 Å². The maximum atomic E-state index is 10.7. The van der Waals surface area contributed by atoms with Gasteiger partial charge in [-0.1, -0.05) is 0 Å². The summed E-state index contributed by atoms with van der Waals surface area (Å²) in [5, 5.41) is -0.437. The Kier molecular flexibility index (Phi) is 3.33. The van der Waals surface area contributed by atoms with Crippen molar-refractivity contribution in [2.24, 2.45) is 0 Å². The van der Waals surface area contributed by atoms with E-state index in [0.29, 0.717) is 5.56 Å². The Hall–Kier alpha value is 0.390. The van der Waals surface area contributed by atoms with Gasteiger partial charge in [-0.2, -0.15) is 0 Å². The maximum Gasteiger partial charge on any atom is 0.253 e. The average Bonchev–Trinajstić information content (AvgIpc) is 1.85. The van der Waals surface area contributed by atoms with Crippen LogP contribution in [-0.4, -0.2) is 5.24 Å². The number of halogens is 3. The highest BCUT2D eigenvalue weighted by molar-refractivity contribution is 14.1. The Labute approximate surface area is 91.4 Å². The molecule has 1 nitrogen and oxygen atoms in total. The van der Waals surface area contributed by atoms with E-state index in [1.54, 1.807) is 6.07 Å². The van der Waals surface area contributed by atoms with E-state index in [-0.39, 0.29) is 0 Å². The van der Waals surface area contributed by atoms with Crippen LogP contribution in [0.1, 0.15) is 10.4 Å². The summed E-state index contributed by atoms with van der Waals surface area (Å²) in [6, 6.07) is 5.37. The second-order valence-electron chi connectivity index (χ2n) is 1.90. The first-order valence-corrected chi connectivity index (χ1v) is 5.01. The number of carbonyl (C=O) groups excluding carboxylic acids is 1. The van der Waals surface area contributed by atoms with E-state index in [4.69, 9.17) is 11.6 Å². The SMILES string of the molecule is O=C(Cl)c1ccc(I)cc1Br. The van der Waals surface area contributed by atoms with Crippen LogP contribution in [0.15, 0.2) is 22.7 Å². The molecule has 0 amide bonds. The number of carbonyl (C=O) groups is 1. The summed E-state index contributed by atoms with van der Waals surface area (Å²) < 4.78 is 1.81. The Morgan fingerprint density at radius 1 is 1.55 bits per heavy atom. The Morgan fingerprint density at radius 3 is 2.64 bits per heavy atom. The number of benzene rings is 1. The van der Waals surface area contributed by atoms with Crippen LogP contribution in [0.25, 0.3) is 0 Å². The molecule has 0 atom stereocenters. The normalized spacial score (nSPS) is 9.73. The van der Waals surface area contributed by atoms with Gasteiger partial charge >= 0.3 is 0 Å². The molecule has 58 valence electrons. The molecule has 0 fully saturated rings. The van der Waals surface area contributed by atoms with Gasteiger partial charge in [-0.25, -0.2) is 0 Å². The van der Waals surface area contributed by atoms with Crippen LogP contribution in [0, 0.1) is 3.57 Å². The Balaban J connectivity index is 3.20. The van der Waals surface area contributed by atoms with E-state index in [0.717, 1.165) is 8.04 Å². The van der Waals surface area contributed by atoms with Crippen LogP contribution in [-0.2, 0) is 0 Å². The smallest absolute Gasteiger partial charge is 0.253 e. The van der Waals surface area contributed by atoms with Gasteiger partial charge in [0.1, 0.15) is 0 Å². The highest BCUT2D eigenvalue weighted by Crippen LogP contribution is 2.20. The van der Waals surface area contributed by atoms with Crippen molar-refractivity contribution >= 4 is 55.4 Å². The highest BCUT2D eigenvalue weighted by atomic mass is 127. The number of hydrogen-bond acceptors (Lipinski definition) is 1. The molecule has 0 aliphatic heterocycles. The van der Waals surface area contributed by atoms with Gasteiger partial charge in [0.2, 0.25) is 0 Å². The van der Waals surface area contributed by atoms with Crippen LogP contribution in [0.4, 0.5) is 0 Å². The number of rotatable bonds is 1. The molecule has 0 saturated heterocycles. The largest absolute Gasteiger partial charge is 0.276 e. The van der Waals surface area contributed by atoms with Crippen LogP contribution >= 0.6 is 50.1 Å². The lowest BCUT2D eigenvalue weighted by atomic mass is 10.2. The Bertz CT molecular complexity index is 300. The standard InChI is InChI=1S/C7H3BrClIO/c8-6-3-4(10)1-2-5(6)7(9)11/h1-3H. The second kappa shape index (κ2) is 3.87. The first-order valence-electron chi connectivity index (χ1n) is 2.76. The molecule has 0 aliphatic carbocycles. The highest BCUT2D eigenvalue weighted by Gasteiger charge is 2.05. The van der Waals surface area contributed by atoms with Gasteiger partial charge in [-0.05, 0) is 68.3 Å². The summed E-state index contributed by atoms with van der Waals surface area (Å²) in [5.74, 6) is 0. The monoisotopic (exact) mass is 344 g/mol. The molecule has 0 N–H and O–H groups in total. The van der Waals surface area contributed by atoms with Crippen molar-refractivity contribution in [2.45, 2.75) is 0 Å². The van der Waals surface area contributed by atoms with Crippen LogP contribution in [0.5, 0.6) is 0 Å². The van der Waals surface area contributed by atoms with E-state index in [2.05, 4.69) is 38.5 Å². The van der Waals surface area contributed by atoms with Crippen molar-refractivity contribution in [3.8, 4) is 0 Å². The van der Waals surface area contributed by atoms with Crippen LogP contribution in [0.3, 0.4) is 0 Å². The minimum atomic E-state index is -0.437. The zero-order valence-corrected chi connectivity index (χ0v) is 9.77. The van der Waals surface area contributed by atoms with Gasteiger partial charge < -0.3 is 0 Å². The van der Waals surface area contributed by atoms with Crippen molar-refractivity contribution in [2.75, 3.05) is 0 Å². The molecule has 1 rings (SSSR count). The van der Waals surface area contributed by atoms with E-state index < -0.39 is 5.24 Å². The lowest BCUT2D eigenvalue weighted by Crippen LogP contribution is -1.90. The lowest BCUT2D eigenvalue weighted by Gasteiger charge is -1.97. The molecule has 4 heteroatoms. The molecule has 1 aromatic rings. The maximum absolute atomic E-state index is 10.7. The second-order valence-corrected chi connectivity index (χ2v) is 4.34. The van der Waals surface area contributed by atoms with Gasteiger partial charge in [-0.15, -0.1) is 0 Å². The molecule has 0 spiro atoms. The molecular weight excluding hydrogens is 342 g/mol. The molecular formula is C7H3BrClIO. The summed E-state index contributed by atoms with van der Waals surface area (Å²) >= 11 is 10.7. The van der Waals surface area contributed by atoms with Gasteiger partial charge in [0.15, 0.2) is 0 Å². The molecule has 0 heterocycles. The van der Waals surface area contributed by atoms with Crippen molar-refractivity contribution in [3.63, 3.8) is 0 Å². The number of hydrogen-bond donors (Lipinski definition) is 0. The summed E-state index contributed by atoms with van der Waals surface area (Å²) in [6.45, 7) is 0. The van der Waals surface area contributed by atoms with Crippen molar-refractivity contribution in [1.82, 2.24) is 0 Å². The fourth-order valence-corrected chi connectivity index (χ4v) is 2.41. The lowest BCUT2D eigenvalue weighted by molar-refractivity contribution is 0.108. The third-order valence-electron chi connectivity index (χ3n) is 1.14. The van der Waals surface area contributed by atoms with Crippen molar-refractivity contribution in [3.05, 3.63) is 31.8 Å². The quantitative estimate of drug-likeness (QED) is 0.563.